The van der Waals surface area contributed by atoms with Crippen molar-refractivity contribution in [2.75, 3.05) is 32.7 Å². The Labute approximate surface area is 137 Å². The van der Waals surface area contributed by atoms with Crippen molar-refractivity contribution in [2.45, 2.75) is 32.3 Å². The normalized spacial score (nSPS) is 29.1. The van der Waals surface area contributed by atoms with Gasteiger partial charge in [0.05, 0.1) is 0 Å². The van der Waals surface area contributed by atoms with Gasteiger partial charge in [-0.05, 0) is 49.9 Å². The van der Waals surface area contributed by atoms with Crippen LogP contribution < -0.4 is 10.1 Å². The summed E-state index contributed by atoms with van der Waals surface area (Å²) >= 11 is 0. The number of halogens is 2. The van der Waals surface area contributed by atoms with E-state index in [1.807, 2.05) is 0 Å². The highest BCUT2D eigenvalue weighted by molar-refractivity contribution is 5.85. The fourth-order valence-electron chi connectivity index (χ4n) is 3.41. The highest BCUT2D eigenvalue weighted by Gasteiger charge is 2.33. The molecule has 2 atom stereocenters. The van der Waals surface area contributed by atoms with Crippen LogP contribution in [0.4, 0.5) is 4.39 Å². The lowest BCUT2D eigenvalue weighted by molar-refractivity contribution is 0.0596. The Kier molecular flexibility index (Phi) is 6.01. The number of nitrogens with one attached hydrogen (secondary N) is 1. The number of rotatable bonds is 4. The van der Waals surface area contributed by atoms with Gasteiger partial charge < -0.3 is 10.1 Å². The zero-order chi connectivity index (χ0) is 14.7. The summed E-state index contributed by atoms with van der Waals surface area (Å²) in [7, 11) is 0. The van der Waals surface area contributed by atoms with Crippen molar-refractivity contribution < 1.29 is 9.13 Å². The second-order valence-corrected chi connectivity index (χ2v) is 6.65. The number of likely N-dealkylation sites (tertiary alicyclic amines) is 1. The summed E-state index contributed by atoms with van der Waals surface area (Å²) in [4.78, 5) is 6.45. The number of aromatic nitrogens is 1. The lowest BCUT2D eigenvalue weighted by Crippen LogP contribution is -2.46. The minimum Gasteiger partial charge on any atom is -0.471 e. The molecule has 0 aromatic carbocycles. The molecule has 2 fully saturated rings. The van der Waals surface area contributed by atoms with Crippen molar-refractivity contribution in [3.05, 3.63) is 24.1 Å². The Morgan fingerprint density at radius 3 is 3.14 bits per heavy atom. The molecule has 124 valence electrons. The van der Waals surface area contributed by atoms with Crippen LogP contribution in [0.25, 0.3) is 0 Å². The van der Waals surface area contributed by atoms with Crippen LogP contribution in [0.2, 0.25) is 0 Å². The number of piperidine rings is 1. The minimum atomic E-state index is -0.374. The molecule has 1 aromatic heterocycles. The van der Waals surface area contributed by atoms with Gasteiger partial charge in [0.2, 0.25) is 0 Å². The number of hydrogen-bond acceptors (Lipinski definition) is 4. The average molecular weight is 330 g/mol. The first kappa shape index (κ1) is 17.4. The van der Waals surface area contributed by atoms with Crippen LogP contribution in [-0.2, 0) is 0 Å². The van der Waals surface area contributed by atoms with E-state index in [1.165, 1.54) is 12.5 Å². The molecule has 1 N–H and O–H groups in total. The predicted molar refractivity (Wildman–Crippen MR) is 87.1 cm³/mol. The van der Waals surface area contributed by atoms with Gasteiger partial charge in [0.1, 0.15) is 6.10 Å². The summed E-state index contributed by atoms with van der Waals surface area (Å²) in [6.45, 7) is 7.61. The number of pyridine rings is 1. The maximum atomic E-state index is 13.6. The summed E-state index contributed by atoms with van der Waals surface area (Å²) in [6, 6.07) is 2.98. The van der Waals surface area contributed by atoms with E-state index >= 15 is 0 Å². The first-order valence-electron chi connectivity index (χ1n) is 7.85. The van der Waals surface area contributed by atoms with Gasteiger partial charge in [-0.2, -0.15) is 0 Å². The fraction of sp³-hybridized carbons (Fsp3) is 0.688. The van der Waals surface area contributed by atoms with Crippen LogP contribution in [0.5, 0.6) is 5.88 Å². The lowest BCUT2D eigenvalue weighted by Gasteiger charge is -2.37. The van der Waals surface area contributed by atoms with E-state index in [4.69, 9.17) is 4.74 Å². The topological polar surface area (TPSA) is 37.4 Å². The van der Waals surface area contributed by atoms with Crippen LogP contribution in [0.15, 0.2) is 18.3 Å². The summed E-state index contributed by atoms with van der Waals surface area (Å²) in [5, 5.41) is 3.44. The van der Waals surface area contributed by atoms with Crippen LogP contribution >= 0.6 is 12.4 Å². The standard InChI is InChI=1S/C16H24FN3O.ClH/c1-16(6-8-18-11-16)12-20-9-3-4-13(10-20)21-15-14(17)5-2-7-19-15;/h2,5,7,13,18H,3-4,6,8-12H2,1H3;1H. The van der Waals surface area contributed by atoms with Crippen molar-refractivity contribution in [1.29, 1.82) is 0 Å². The molecule has 0 amide bonds. The molecule has 2 unspecified atom stereocenters. The molecule has 0 spiro atoms. The molecular weight excluding hydrogens is 305 g/mol. The highest BCUT2D eigenvalue weighted by Crippen LogP contribution is 2.28. The Bertz CT molecular complexity index is 482. The van der Waals surface area contributed by atoms with Crippen LogP contribution in [0.3, 0.4) is 0 Å². The van der Waals surface area contributed by atoms with Gasteiger partial charge in [0.15, 0.2) is 5.82 Å². The molecule has 3 rings (SSSR count). The molecule has 1 aromatic rings. The summed E-state index contributed by atoms with van der Waals surface area (Å²) in [5.74, 6) is -0.236. The second-order valence-electron chi connectivity index (χ2n) is 6.65. The summed E-state index contributed by atoms with van der Waals surface area (Å²) in [6.07, 6.45) is 4.92. The van der Waals surface area contributed by atoms with E-state index in [0.29, 0.717) is 5.41 Å². The maximum Gasteiger partial charge on any atom is 0.250 e. The third-order valence-corrected chi connectivity index (χ3v) is 4.53. The van der Waals surface area contributed by atoms with Crippen molar-refractivity contribution in [2.24, 2.45) is 5.41 Å². The van der Waals surface area contributed by atoms with Gasteiger partial charge in [-0.15, -0.1) is 12.4 Å². The Morgan fingerprint density at radius 1 is 1.55 bits per heavy atom. The summed E-state index contributed by atoms with van der Waals surface area (Å²) < 4.78 is 19.4. The van der Waals surface area contributed by atoms with Gasteiger partial charge in [-0.3, -0.25) is 4.90 Å². The average Bonchev–Trinajstić information content (AvgIpc) is 2.88. The van der Waals surface area contributed by atoms with Gasteiger partial charge in [-0.1, -0.05) is 6.92 Å². The third kappa shape index (κ3) is 4.31. The van der Waals surface area contributed by atoms with E-state index in [1.54, 1.807) is 12.3 Å². The minimum absolute atomic E-state index is 0. The maximum absolute atomic E-state index is 13.6. The van der Waals surface area contributed by atoms with Crippen molar-refractivity contribution in [3.8, 4) is 5.88 Å². The number of hydrogen-bond donors (Lipinski definition) is 1. The molecule has 2 aliphatic rings. The summed E-state index contributed by atoms with van der Waals surface area (Å²) in [5.41, 5.74) is 0.359. The first-order valence-corrected chi connectivity index (χ1v) is 7.85. The smallest absolute Gasteiger partial charge is 0.250 e. The van der Waals surface area contributed by atoms with Crippen molar-refractivity contribution in [1.82, 2.24) is 15.2 Å². The molecule has 4 nitrogen and oxygen atoms in total. The Hall–Kier alpha value is -0.910. The van der Waals surface area contributed by atoms with Crippen LogP contribution in [0.1, 0.15) is 26.2 Å². The molecule has 0 radical (unpaired) electrons. The fourth-order valence-corrected chi connectivity index (χ4v) is 3.41. The molecule has 2 aliphatic heterocycles. The van der Waals surface area contributed by atoms with Gasteiger partial charge >= 0.3 is 0 Å². The largest absolute Gasteiger partial charge is 0.471 e. The SMILES string of the molecule is CC1(CN2CCCC(Oc3ncccc3F)C2)CCNC1.Cl. The van der Waals surface area contributed by atoms with Gasteiger partial charge in [-0.25, -0.2) is 9.37 Å². The Balaban J connectivity index is 0.00000176. The van der Waals surface area contributed by atoms with Crippen molar-refractivity contribution in [3.63, 3.8) is 0 Å². The van der Waals surface area contributed by atoms with Crippen LogP contribution in [-0.4, -0.2) is 48.7 Å². The quantitative estimate of drug-likeness (QED) is 0.921. The first-order chi connectivity index (χ1) is 10.1. The highest BCUT2D eigenvalue weighted by atomic mass is 35.5. The molecule has 3 heterocycles. The van der Waals surface area contributed by atoms with E-state index < -0.39 is 0 Å². The molecule has 6 heteroatoms. The van der Waals surface area contributed by atoms with Crippen LogP contribution in [0, 0.1) is 11.2 Å². The monoisotopic (exact) mass is 329 g/mol. The number of ether oxygens (including phenoxy) is 1. The molecular formula is C16H25ClFN3O. The van der Waals surface area contributed by atoms with E-state index in [2.05, 4.69) is 22.1 Å². The molecule has 0 saturated carbocycles. The van der Waals surface area contributed by atoms with E-state index in [-0.39, 0.29) is 30.2 Å². The van der Waals surface area contributed by atoms with E-state index in [9.17, 15) is 4.39 Å². The van der Waals surface area contributed by atoms with E-state index in [0.717, 1.165) is 45.6 Å². The molecule has 22 heavy (non-hydrogen) atoms. The predicted octanol–water partition coefficient (Wildman–Crippen LogP) is 2.49. The zero-order valence-electron chi connectivity index (χ0n) is 13.1. The molecule has 0 aliphatic carbocycles. The van der Waals surface area contributed by atoms with Gasteiger partial charge in [0.25, 0.3) is 5.88 Å². The zero-order valence-corrected chi connectivity index (χ0v) is 13.9. The molecule has 0 bridgehead atoms. The third-order valence-electron chi connectivity index (χ3n) is 4.53. The molecule has 2 saturated heterocycles. The van der Waals surface area contributed by atoms with Crippen molar-refractivity contribution >= 4 is 12.4 Å². The second kappa shape index (κ2) is 7.57. The number of nitrogens with zero attached hydrogens (tertiary/aromatic N) is 2. The van der Waals surface area contributed by atoms with Gasteiger partial charge in [0, 0.05) is 25.8 Å². The lowest BCUT2D eigenvalue weighted by atomic mass is 9.88. The Morgan fingerprint density at radius 2 is 2.41 bits per heavy atom.